The minimum Gasteiger partial charge on any atom is -0.367 e. The van der Waals surface area contributed by atoms with E-state index in [-0.39, 0.29) is 17.8 Å². The van der Waals surface area contributed by atoms with Gasteiger partial charge in [-0.15, -0.1) is 0 Å². The van der Waals surface area contributed by atoms with Gasteiger partial charge in [-0.05, 0) is 55.4 Å². The van der Waals surface area contributed by atoms with Crippen molar-refractivity contribution in [2.75, 3.05) is 52.9 Å². The molecule has 0 N–H and O–H groups in total. The van der Waals surface area contributed by atoms with Crippen LogP contribution in [0.4, 0.5) is 4.39 Å². The lowest BCUT2D eigenvalue weighted by Crippen LogP contribution is -2.50. The predicted octanol–water partition coefficient (Wildman–Crippen LogP) is 4.60. The molecule has 2 aliphatic heterocycles. The molecule has 0 bridgehead atoms. The fraction of sp³-hybridized carbons (Fsp3) is 0.393. The van der Waals surface area contributed by atoms with Crippen LogP contribution in [0.25, 0.3) is 6.08 Å². The van der Waals surface area contributed by atoms with Gasteiger partial charge in [-0.2, -0.15) is 0 Å². The Bertz CT molecular complexity index is 1080. The summed E-state index contributed by atoms with van der Waals surface area (Å²) in [7, 11) is 2.07. The van der Waals surface area contributed by atoms with Gasteiger partial charge in [0, 0.05) is 74.7 Å². The molecule has 1 amide bonds. The topological polar surface area (TPSA) is 30.0 Å². The van der Waals surface area contributed by atoms with Crippen molar-refractivity contribution >= 4 is 23.6 Å². The van der Waals surface area contributed by atoms with Crippen molar-refractivity contribution in [1.82, 2.24) is 19.6 Å². The summed E-state index contributed by atoms with van der Waals surface area (Å²) in [6, 6.07) is 12.5. The third-order valence-corrected chi connectivity index (χ3v) is 7.13. The maximum atomic E-state index is 13.2. The molecule has 0 spiro atoms. The Labute approximate surface area is 213 Å². The molecule has 0 aromatic heterocycles. The van der Waals surface area contributed by atoms with Crippen molar-refractivity contribution < 1.29 is 9.18 Å². The molecule has 2 saturated heterocycles. The fourth-order valence-corrected chi connectivity index (χ4v) is 4.94. The number of benzene rings is 2. The normalized spacial score (nSPS) is 19.9. The van der Waals surface area contributed by atoms with Crippen LogP contribution < -0.4 is 0 Å². The van der Waals surface area contributed by atoms with Crippen LogP contribution in [-0.2, 0) is 6.54 Å². The second-order valence-corrected chi connectivity index (χ2v) is 9.99. The Morgan fingerprint density at radius 2 is 1.80 bits per heavy atom. The van der Waals surface area contributed by atoms with Gasteiger partial charge >= 0.3 is 0 Å². The molecule has 0 aliphatic carbocycles. The molecule has 0 saturated carbocycles. The second-order valence-electron chi connectivity index (χ2n) is 9.56. The zero-order valence-electron chi connectivity index (χ0n) is 20.6. The van der Waals surface area contributed by atoms with Gasteiger partial charge in [0.15, 0.2) is 0 Å². The van der Waals surface area contributed by atoms with E-state index in [0.29, 0.717) is 10.6 Å². The zero-order chi connectivity index (χ0) is 24.9. The van der Waals surface area contributed by atoms with Gasteiger partial charge in [-0.25, -0.2) is 4.39 Å². The molecule has 7 heteroatoms. The summed E-state index contributed by atoms with van der Waals surface area (Å²) < 4.78 is 13.2. The number of likely N-dealkylation sites (N-methyl/N-ethyl adjacent to an activating group) is 1. The average Bonchev–Trinajstić information content (AvgIpc) is 2.84. The number of allylic oxidation sites excluding steroid dienone is 1. The highest BCUT2D eigenvalue weighted by Gasteiger charge is 2.25. The molecular formula is C28H34ClFN4O. The Morgan fingerprint density at radius 3 is 2.49 bits per heavy atom. The fourth-order valence-electron chi connectivity index (χ4n) is 4.77. The summed E-state index contributed by atoms with van der Waals surface area (Å²) in [5, 5.41) is 0.560. The van der Waals surface area contributed by atoms with Crippen molar-refractivity contribution in [2.24, 2.45) is 0 Å². The van der Waals surface area contributed by atoms with Gasteiger partial charge < -0.3 is 14.7 Å². The van der Waals surface area contributed by atoms with Crippen molar-refractivity contribution in [3.8, 4) is 0 Å². The maximum Gasteiger partial charge on any atom is 0.254 e. The highest BCUT2D eigenvalue weighted by molar-refractivity contribution is 6.31. The Hall–Kier alpha value is -2.67. The lowest BCUT2D eigenvalue weighted by molar-refractivity contribution is 0.0664. The largest absolute Gasteiger partial charge is 0.367 e. The summed E-state index contributed by atoms with van der Waals surface area (Å²) in [4.78, 5) is 22.1. The third kappa shape index (κ3) is 6.51. The Balaban J connectivity index is 1.39. The van der Waals surface area contributed by atoms with Gasteiger partial charge in [0.25, 0.3) is 5.91 Å². The number of hydrogen-bond donors (Lipinski definition) is 0. The molecule has 2 aliphatic rings. The number of carbonyl (C=O) groups excluding carboxylic acids is 1. The number of halogens is 2. The molecule has 1 unspecified atom stereocenters. The first-order valence-corrected chi connectivity index (χ1v) is 12.6. The molecular weight excluding hydrogens is 463 g/mol. The number of amides is 1. The first-order chi connectivity index (χ1) is 16.8. The lowest BCUT2D eigenvalue weighted by atomic mass is 10.0. The lowest BCUT2D eigenvalue weighted by Gasteiger charge is -2.41. The summed E-state index contributed by atoms with van der Waals surface area (Å²) in [5.41, 5.74) is 3.52. The van der Waals surface area contributed by atoms with E-state index in [4.69, 9.17) is 11.6 Å². The van der Waals surface area contributed by atoms with Crippen molar-refractivity contribution in [3.05, 3.63) is 88.3 Å². The minimum absolute atomic E-state index is 0.0219. The number of nitrogens with zero attached hydrogens (tertiary/aromatic N) is 4. The molecule has 4 rings (SSSR count). The van der Waals surface area contributed by atoms with Gasteiger partial charge in [-0.1, -0.05) is 42.5 Å². The van der Waals surface area contributed by atoms with Crippen LogP contribution in [-0.4, -0.2) is 84.4 Å². The van der Waals surface area contributed by atoms with E-state index in [9.17, 15) is 9.18 Å². The van der Waals surface area contributed by atoms with Crippen molar-refractivity contribution in [3.63, 3.8) is 0 Å². The van der Waals surface area contributed by atoms with Crippen LogP contribution in [0.1, 0.15) is 28.4 Å². The molecule has 5 nitrogen and oxygen atoms in total. The predicted molar refractivity (Wildman–Crippen MR) is 141 cm³/mol. The highest BCUT2D eigenvalue weighted by Crippen LogP contribution is 2.23. The molecule has 0 radical (unpaired) electrons. The first kappa shape index (κ1) is 25.4. The SMILES string of the molecule is C=C(/C=C/c1ccc(Cl)cc1C(=O)N1CCN(C)CC1)N1CCN(Cc2ccc(F)cc2)CC1C. The smallest absolute Gasteiger partial charge is 0.254 e. The van der Waals surface area contributed by atoms with Crippen LogP contribution >= 0.6 is 11.6 Å². The van der Waals surface area contributed by atoms with Crippen LogP contribution in [0.5, 0.6) is 0 Å². The monoisotopic (exact) mass is 496 g/mol. The van der Waals surface area contributed by atoms with Crippen LogP contribution in [0.15, 0.2) is 60.8 Å². The first-order valence-electron chi connectivity index (χ1n) is 12.2. The van der Waals surface area contributed by atoms with Crippen molar-refractivity contribution in [1.29, 1.82) is 0 Å². The van der Waals surface area contributed by atoms with Crippen molar-refractivity contribution in [2.45, 2.75) is 19.5 Å². The van der Waals surface area contributed by atoms with Gasteiger partial charge in [0.05, 0.1) is 0 Å². The quantitative estimate of drug-likeness (QED) is 0.547. The van der Waals surface area contributed by atoms with Crippen LogP contribution in [0, 0.1) is 5.82 Å². The van der Waals surface area contributed by atoms with Gasteiger partial charge in [0.1, 0.15) is 5.82 Å². The molecule has 2 aromatic carbocycles. The number of piperazine rings is 2. The number of carbonyl (C=O) groups is 1. The molecule has 2 aromatic rings. The molecule has 2 fully saturated rings. The maximum absolute atomic E-state index is 13.2. The molecule has 35 heavy (non-hydrogen) atoms. The molecule has 186 valence electrons. The molecule has 1 atom stereocenters. The van der Waals surface area contributed by atoms with E-state index in [1.807, 2.05) is 41.3 Å². The summed E-state index contributed by atoms with van der Waals surface area (Å²) >= 11 is 6.25. The summed E-state index contributed by atoms with van der Waals surface area (Å²) in [6.07, 6.45) is 3.97. The van der Waals surface area contributed by atoms with Crippen LogP contribution in [0.2, 0.25) is 5.02 Å². The minimum atomic E-state index is -0.205. The third-order valence-electron chi connectivity index (χ3n) is 6.89. The summed E-state index contributed by atoms with van der Waals surface area (Å²) in [5.74, 6) is -0.183. The number of hydrogen-bond acceptors (Lipinski definition) is 4. The molecule has 2 heterocycles. The Kier molecular flexibility index (Phi) is 8.26. The van der Waals surface area contributed by atoms with Crippen LogP contribution in [0.3, 0.4) is 0 Å². The Morgan fingerprint density at radius 1 is 1.09 bits per heavy atom. The van der Waals surface area contributed by atoms with E-state index in [2.05, 4.69) is 35.3 Å². The van der Waals surface area contributed by atoms with E-state index in [1.165, 1.54) is 12.1 Å². The average molecular weight is 497 g/mol. The highest BCUT2D eigenvalue weighted by atomic mass is 35.5. The number of rotatable bonds is 6. The standard InChI is InChI=1S/C28H34ClFN4O/c1-21(34-17-14-32(19-22(34)2)20-23-5-10-26(30)11-6-23)4-7-24-8-9-25(29)18-27(24)28(35)33-15-12-31(3)13-16-33/h4-11,18,22H,1,12-17,19-20H2,2-3H3/b7-4+. The van der Waals surface area contributed by atoms with Gasteiger partial charge in [-0.3, -0.25) is 9.69 Å². The van der Waals surface area contributed by atoms with E-state index in [0.717, 1.165) is 69.2 Å². The zero-order valence-corrected chi connectivity index (χ0v) is 21.3. The van der Waals surface area contributed by atoms with E-state index >= 15 is 0 Å². The summed E-state index contributed by atoms with van der Waals surface area (Å²) in [6.45, 7) is 13.2. The van der Waals surface area contributed by atoms with E-state index in [1.54, 1.807) is 6.07 Å². The second kappa shape index (κ2) is 11.4. The van der Waals surface area contributed by atoms with Gasteiger partial charge in [0.2, 0.25) is 0 Å². The van der Waals surface area contributed by atoms with E-state index < -0.39 is 0 Å².